The lowest BCUT2D eigenvalue weighted by molar-refractivity contribution is -0.0712. The van der Waals surface area contributed by atoms with Crippen molar-refractivity contribution in [2.75, 3.05) is 57.5 Å². The molecular formula is C27H36N6O3. The van der Waals surface area contributed by atoms with Crippen LogP contribution < -0.4 is 4.90 Å². The van der Waals surface area contributed by atoms with Crippen molar-refractivity contribution in [3.05, 3.63) is 41.3 Å². The summed E-state index contributed by atoms with van der Waals surface area (Å²) in [5.41, 5.74) is 3.86. The number of aliphatic hydroxyl groups excluding tert-OH is 1. The zero-order chi connectivity index (χ0) is 24.6. The van der Waals surface area contributed by atoms with E-state index in [1.54, 1.807) is 0 Å². The molecule has 3 fully saturated rings. The number of aryl methyl sites for hydroxylation is 2. The van der Waals surface area contributed by atoms with Crippen molar-refractivity contribution in [3.8, 4) is 5.82 Å². The number of likely N-dealkylation sites (tertiary alicyclic amines) is 1. The smallest absolute Gasteiger partial charge is 0.159 e. The van der Waals surface area contributed by atoms with E-state index in [4.69, 9.17) is 24.5 Å². The minimum absolute atomic E-state index is 0.00829. The predicted octanol–water partition coefficient (Wildman–Crippen LogP) is 2.46. The number of benzene rings is 1. The molecule has 6 rings (SSSR count). The zero-order valence-electron chi connectivity index (χ0n) is 21.3. The summed E-state index contributed by atoms with van der Waals surface area (Å²) in [5, 5.41) is 15.5. The molecule has 3 aliphatic heterocycles. The van der Waals surface area contributed by atoms with Gasteiger partial charge in [-0.05, 0) is 62.0 Å². The van der Waals surface area contributed by atoms with Crippen LogP contribution in [0.1, 0.15) is 42.6 Å². The fraction of sp³-hybridized carbons (Fsp3) is 0.593. The van der Waals surface area contributed by atoms with E-state index < -0.39 is 0 Å². The minimum Gasteiger partial charge on any atom is -0.394 e. The molecule has 0 aliphatic carbocycles. The van der Waals surface area contributed by atoms with E-state index in [0.29, 0.717) is 25.1 Å². The topological polar surface area (TPSA) is 88.8 Å². The predicted molar refractivity (Wildman–Crippen MR) is 138 cm³/mol. The van der Waals surface area contributed by atoms with Crippen LogP contribution in [0.4, 0.5) is 5.82 Å². The quantitative estimate of drug-likeness (QED) is 0.562. The van der Waals surface area contributed by atoms with Crippen LogP contribution in [0.2, 0.25) is 0 Å². The summed E-state index contributed by atoms with van der Waals surface area (Å²) in [6.07, 6.45) is 4.84. The minimum atomic E-state index is -0.193. The third-order valence-electron chi connectivity index (χ3n) is 8.01. The molecule has 0 amide bonds. The van der Waals surface area contributed by atoms with Gasteiger partial charge in [-0.3, -0.25) is 4.90 Å². The average Bonchev–Trinajstić information content (AvgIpc) is 3.30. The number of fused-ring (bicyclic) bond motifs is 1. The number of morpholine rings is 1. The van der Waals surface area contributed by atoms with Crippen LogP contribution in [0.25, 0.3) is 16.7 Å². The van der Waals surface area contributed by atoms with Crippen LogP contribution in [-0.4, -0.2) is 94.5 Å². The summed E-state index contributed by atoms with van der Waals surface area (Å²) in [6, 6.07) is 7.25. The van der Waals surface area contributed by atoms with Crippen LogP contribution in [0.15, 0.2) is 24.4 Å². The molecule has 9 nitrogen and oxygen atoms in total. The molecule has 0 spiro atoms. The molecule has 9 heteroatoms. The largest absolute Gasteiger partial charge is 0.394 e. The standard InChI is InChI=1S/C27H36N6O3/c1-3-25-29-26(32-8-9-36-22(14-32)15-34)12-27(30-25)33-24-11-23(18(2)10-20(24)13-28-33)19-4-6-31(7-5-19)21-16-35-17-21/h10-13,19,21-22,34H,3-9,14-17H2,1-2H3/t22-/m0/s1. The first kappa shape index (κ1) is 23.8. The second-order valence-electron chi connectivity index (χ2n) is 10.3. The van der Waals surface area contributed by atoms with Crippen LogP contribution >= 0.6 is 0 Å². The number of hydrogen-bond donors (Lipinski definition) is 1. The van der Waals surface area contributed by atoms with Crippen LogP contribution in [0.5, 0.6) is 0 Å². The Morgan fingerprint density at radius 3 is 2.58 bits per heavy atom. The van der Waals surface area contributed by atoms with Crippen molar-refractivity contribution in [1.29, 1.82) is 0 Å². The Bertz CT molecular complexity index is 1220. The maximum atomic E-state index is 9.59. The molecule has 5 heterocycles. The average molecular weight is 493 g/mol. The Hall–Kier alpha value is -2.59. The van der Waals surface area contributed by atoms with Crippen molar-refractivity contribution in [3.63, 3.8) is 0 Å². The van der Waals surface area contributed by atoms with E-state index in [1.807, 2.05) is 16.9 Å². The second kappa shape index (κ2) is 10.0. The Balaban J connectivity index is 1.31. The molecule has 0 radical (unpaired) electrons. The highest BCUT2D eigenvalue weighted by Gasteiger charge is 2.31. The summed E-state index contributed by atoms with van der Waals surface area (Å²) < 4.78 is 13.0. The van der Waals surface area contributed by atoms with Crippen molar-refractivity contribution in [2.45, 2.75) is 51.2 Å². The van der Waals surface area contributed by atoms with Crippen LogP contribution in [0, 0.1) is 6.92 Å². The van der Waals surface area contributed by atoms with Gasteiger partial charge in [0.05, 0.1) is 50.3 Å². The molecule has 1 aromatic carbocycles. The molecule has 192 valence electrons. The summed E-state index contributed by atoms with van der Waals surface area (Å²) in [6.45, 7) is 10.3. The molecule has 0 bridgehead atoms. The van der Waals surface area contributed by atoms with Crippen molar-refractivity contribution < 1.29 is 14.6 Å². The van der Waals surface area contributed by atoms with Gasteiger partial charge in [-0.2, -0.15) is 5.10 Å². The first-order valence-corrected chi connectivity index (χ1v) is 13.3. The van der Waals surface area contributed by atoms with Gasteiger partial charge in [-0.1, -0.05) is 6.92 Å². The summed E-state index contributed by atoms with van der Waals surface area (Å²) in [5.74, 6) is 3.00. The lowest BCUT2D eigenvalue weighted by Gasteiger charge is -2.41. The third-order valence-corrected chi connectivity index (χ3v) is 8.01. The number of aliphatic hydroxyl groups is 1. The first-order valence-electron chi connectivity index (χ1n) is 13.3. The van der Waals surface area contributed by atoms with Crippen molar-refractivity contribution in [1.82, 2.24) is 24.6 Å². The van der Waals surface area contributed by atoms with Crippen LogP contribution in [0.3, 0.4) is 0 Å². The molecule has 36 heavy (non-hydrogen) atoms. The fourth-order valence-electron chi connectivity index (χ4n) is 5.77. The molecule has 1 N–H and O–H groups in total. The van der Waals surface area contributed by atoms with E-state index in [9.17, 15) is 5.11 Å². The van der Waals surface area contributed by atoms with Gasteiger partial charge in [0.15, 0.2) is 5.82 Å². The van der Waals surface area contributed by atoms with Gasteiger partial charge in [-0.15, -0.1) is 0 Å². The SMILES string of the molecule is CCc1nc(N2CCO[C@H](CO)C2)cc(-n2ncc3cc(C)c(C4CCN(C5COC5)CC4)cc32)n1. The molecule has 3 saturated heterocycles. The van der Waals surface area contributed by atoms with Crippen molar-refractivity contribution >= 4 is 16.7 Å². The monoisotopic (exact) mass is 492 g/mol. The van der Waals surface area contributed by atoms with E-state index in [2.05, 4.69) is 35.8 Å². The molecule has 1 atom stereocenters. The Kier molecular flexibility index (Phi) is 6.64. The van der Waals surface area contributed by atoms with Gasteiger partial charge >= 0.3 is 0 Å². The summed E-state index contributed by atoms with van der Waals surface area (Å²) >= 11 is 0. The number of ether oxygens (including phenoxy) is 2. The second-order valence-corrected chi connectivity index (χ2v) is 10.3. The Morgan fingerprint density at radius 2 is 1.86 bits per heavy atom. The highest BCUT2D eigenvalue weighted by atomic mass is 16.5. The molecular weight excluding hydrogens is 456 g/mol. The molecule has 3 aromatic rings. The summed E-state index contributed by atoms with van der Waals surface area (Å²) in [4.78, 5) is 14.4. The van der Waals surface area contributed by atoms with Crippen molar-refractivity contribution in [2.24, 2.45) is 0 Å². The lowest BCUT2D eigenvalue weighted by atomic mass is 9.85. The van der Waals surface area contributed by atoms with Crippen LogP contribution in [-0.2, 0) is 15.9 Å². The van der Waals surface area contributed by atoms with Gasteiger partial charge in [0.2, 0.25) is 0 Å². The Morgan fingerprint density at radius 1 is 1.06 bits per heavy atom. The number of nitrogens with zero attached hydrogens (tertiary/aromatic N) is 6. The van der Waals surface area contributed by atoms with Gasteiger partial charge in [-0.25, -0.2) is 14.6 Å². The Labute approximate surface area is 212 Å². The van der Waals surface area contributed by atoms with E-state index in [-0.39, 0.29) is 12.7 Å². The highest BCUT2D eigenvalue weighted by Crippen LogP contribution is 2.34. The first-order chi connectivity index (χ1) is 17.6. The van der Waals surface area contributed by atoms with Gasteiger partial charge in [0.1, 0.15) is 11.6 Å². The van der Waals surface area contributed by atoms with E-state index in [0.717, 1.165) is 67.6 Å². The zero-order valence-corrected chi connectivity index (χ0v) is 21.3. The lowest BCUT2D eigenvalue weighted by Crippen LogP contribution is -2.51. The molecule has 0 unspecified atom stereocenters. The number of aromatic nitrogens is 4. The molecule has 3 aliphatic rings. The van der Waals surface area contributed by atoms with Gasteiger partial charge < -0.3 is 19.5 Å². The third kappa shape index (κ3) is 4.49. The normalized spacial score (nSPS) is 22.3. The highest BCUT2D eigenvalue weighted by molar-refractivity contribution is 5.82. The van der Waals surface area contributed by atoms with Gasteiger partial charge in [0, 0.05) is 31.0 Å². The number of rotatable bonds is 6. The maximum absolute atomic E-state index is 9.59. The maximum Gasteiger partial charge on any atom is 0.159 e. The number of piperidine rings is 1. The fourth-order valence-corrected chi connectivity index (χ4v) is 5.77. The van der Waals surface area contributed by atoms with Gasteiger partial charge in [0.25, 0.3) is 0 Å². The molecule has 2 aromatic heterocycles. The number of anilines is 1. The van der Waals surface area contributed by atoms with E-state index >= 15 is 0 Å². The van der Waals surface area contributed by atoms with E-state index in [1.165, 1.54) is 24.0 Å². The molecule has 0 saturated carbocycles. The number of hydrogen-bond acceptors (Lipinski definition) is 8. The summed E-state index contributed by atoms with van der Waals surface area (Å²) in [7, 11) is 0.